The molecule has 0 atom stereocenters. The second-order valence-corrected chi connectivity index (χ2v) is 9.50. The number of aryl methyl sites for hydroxylation is 1. The summed E-state index contributed by atoms with van der Waals surface area (Å²) < 4.78 is 82.5. The lowest BCUT2D eigenvalue weighted by Crippen LogP contribution is -2.39. The Bertz CT molecular complexity index is 1090. The van der Waals surface area contributed by atoms with E-state index in [-0.39, 0.29) is 19.0 Å². The molecule has 0 saturated heterocycles. The molecule has 6 nitrogen and oxygen atoms in total. The van der Waals surface area contributed by atoms with E-state index in [4.69, 9.17) is 5.21 Å². The highest BCUT2D eigenvalue weighted by molar-refractivity contribution is 7.89. The maximum absolute atomic E-state index is 14.3. The Morgan fingerprint density at radius 2 is 1.59 bits per heavy atom. The summed E-state index contributed by atoms with van der Waals surface area (Å²) in [4.78, 5) is 9.90. The molecule has 1 aliphatic rings. The quantitative estimate of drug-likeness (QED) is 0.200. The number of carbonyl (C=O) groups excluding carboxylic acids is 1. The maximum atomic E-state index is 14.3. The Kier molecular flexibility index (Phi) is 7.52. The zero-order valence-electron chi connectivity index (χ0n) is 17.0. The van der Waals surface area contributed by atoms with Crippen LogP contribution in [-0.2, 0) is 27.8 Å². The first kappa shape index (κ1) is 24.1. The second-order valence-electron chi connectivity index (χ2n) is 7.64. The molecule has 0 unspecified atom stereocenters. The molecule has 0 bridgehead atoms. The predicted octanol–water partition coefficient (Wildman–Crippen LogP) is 3.81. The monoisotopic (exact) mass is 474 g/mol. The van der Waals surface area contributed by atoms with Crippen molar-refractivity contribution in [1.82, 2.24) is 9.79 Å². The molecule has 3 rings (SSSR count). The van der Waals surface area contributed by atoms with Crippen LogP contribution in [0.5, 0.6) is 0 Å². The number of amides is 1. The van der Waals surface area contributed by atoms with Gasteiger partial charge in [0.2, 0.25) is 15.9 Å². The van der Waals surface area contributed by atoms with Crippen molar-refractivity contribution in [3.05, 3.63) is 64.7 Å². The van der Waals surface area contributed by atoms with Crippen LogP contribution in [0.1, 0.15) is 43.2 Å². The van der Waals surface area contributed by atoms with Crippen molar-refractivity contribution in [2.75, 3.05) is 0 Å². The van der Waals surface area contributed by atoms with Gasteiger partial charge in [-0.2, -0.15) is 4.31 Å². The van der Waals surface area contributed by atoms with E-state index in [9.17, 15) is 30.8 Å². The summed E-state index contributed by atoms with van der Waals surface area (Å²) in [6, 6.07) is 6.29. The van der Waals surface area contributed by atoms with Gasteiger partial charge in [-0.3, -0.25) is 10.0 Å². The highest BCUT2D eigenvalue weighted by atomic mass is 32.2. The molecule has 0 heterocycles. The van der Waals surface area contributed by atoms with Gasteiger partial charge in [-0.05, 0) is 30.4 Å². The Morgan fingerprint density at radius 3 is 2.19 bits per heavy atom. The lowest BCUT2D eigenvalue weighted by Gasteiger charge is -2.28. The molecular weight excluding hydrogens is 452 g/mol. The van der Waals surface area contributed by atoms with E-state index >= 15 is 0 Å². The summed E-state index contributed by atoms with van der Waals surface area (Å²) in [5.74, 6) is -8.53. The number of rotatable bonds is 8. The van der Waals surface area contributed by atoms with E-state index in [0.717, 1.165) is 22.7 Å². The highest BCUT2D eigenvalue weighted by Crippen LogP contribution is 2.32. The van der Waals surface area contributed by atoms with Crippen LogP contribution in [0.25, 0.3) is 0 Å². The fourth-order valence-electron chi connectivity index (χ4n) is 3.77. The number of nitrogens with one attached hydrogen (secondary N) is 1. The summed E-state index contributed by atoms with van der Waals surface area (Å²) >= 11 is 0. The average Bonchev–Trinajstić information content (AvgIpc) is 3.31. The van der Waals surface area contributed by atoms with Gasteiger partial charge in [0.1, 0.15) is 4.90 Å². The molecule has 174 valence electrons. The van der Waals surface area contributed by atoms with Gasteiger partial charge in [0.15, 0.2) is 23.3 Å². The third kappa shape index (κ3) is 5.11. The summed E-state index contributed by atoms with van der Waals surface area (Å²) in [5, 5.41) is 8.54. The summed E-state index contributed by atoms with van der Waals surface area (Å²) in [5.41, 5.74) is 2.84. The van der Waals surface area contributed by atoms with E-state index in [1.807, 2.05) is 0 Å². The SMILES string of the molecule is O=C(CCc1ccc(CN(C2CCCC2)S(=O)(=O)c2cc(F)c(F)c(F)c2F)cc1)NO. The van der Waals surface area contributed by atoms with Crippen LogP contribution in [0.4, 0.5) is 17.6 Å². The second kappa shape index (κ2) is 9.97. The maximum Gasteiger partial charge on any atom is 0.246 e. The molecule has 2 aromatic carbocycles. The molecule has 1 aliphatic carbocycles. The summed E-state index contributed by atoms with van der Waals surface area (Å²) in [7, 11) is -4.68. The molecule has 0 spiro atoms. The third-order valence-corrected chi connectivity index (χ3v) is 7.41. The molecular formula is C21H22F4N2O4S. The molecule has 1 saturated carbocycles. The van der Waals surface area contributed by atoms with Gasteiger partial charge in [-0.25, -0.2) is 31.5 Å². The molecule has 1 fully saturated rings. The van der Waals surface area contributed by atoms with Crippen molar-refractivity contribution in [2.24, 2.45) is 0 Å². The lowest BCUT2D eigenvalue weighted by molar-refractivity contribution is -0.129. The first-order chi connectivity index (χ1) is 15.1. The van der Waals surface area contributed by atoms with Gasteiger partial charge in [0.25, 0.3) is 0 Å². The van der Waals surface area contributed by atoms with Crippen LogP contribution in [0.2, 0.25) is 0 Å². The van der Waals surface area contributed by atoms with Crippen molar-refractivity contribution in [3.8, 4) is 0 Å². The number of hydrogen-bond acceptors (Lipinski definition) is 4. The Labute approximate surface area is 182 Å². The Morgan fingerprint density at radius 1 is 1.00 bits per heavy atom. The number of hydroxylamine groups is 1. The Balaban J connectivity index is 1.90. The van der Waals surface area contributed by atoms with Crippen molar-refractivity contribution >= 4 is 15.9 Å². The van der Waals surface area contributed by atoms with E-state index in [1.54, 1.807) is 24.3 Å². The molecule has 32 heavy (non-hydrogen) atoms. The number of hydrogen-bond donors (Lipinski definition) is 2. The number of benzene rings is 2. The van der Waals surface area contributed by atoms with Gasteiger partial charge in [-0.1, -0.05) is 37.1 Å². The van der Waals surface area contributed by atoms with Crippen LogP contribution in [0.15, 0.2) is 35.2 Å². The molecule has 11 heteroatoms. The zero-order valence-corrected chi connectivity index (χ0v) is 17.8. The number of nitrogens with zero attached hydrogens (tertiary/aromatic N) is 1. The fourth-order valence-corrected chi connectivity index (χ4v) is 5.52. The van der Waals surface area contributed by atoms with Crippen LogP contribution in [-0.4, -0.2) is 29.9 Å². The average molecular weight is 474 g/mol. The molecule has 0 aromatic heterocycles. The van der Waals surface area contributed by atoms with E-state index in [0.29, 0.717) is 24.8 Å². The minimum atomic E-state index is -4.68. The van der Waals surface area contributed by atoms with Crippen molar-refractivity contribution in [2.45, 2.75) is 56.0 Å². The van der Waals surface area contributed by atoms with Crippen LogP contribution < -0.4 is 5.48 Å². The topological polar surface area (TPSA) is 86.7 Å². The van der Waals surface area contributed by atoms with Gasteiger partial charge in [0.05, 0.1) is 0 Å². The molecule has 0 radical (unpaired) electrons. The smallest absolute Gasteiger partial charge is 0.246 e. The van der Waals surface area contributed by atoms with Crippen LogP contribution >= 0.6 is 0 Å². The first-order valence-corrected chi connectivity index (χ1v) is 11.4. The van der Waals surface area contributed by atoms with Gasteiger partial charge >= 0.3 is 0 Å². The lowest BCUT2D eigenvalue weighted by atomic mass is 10.1. The molecule has 2 N–H and O–H groups in total. The molecule has 0 aliphatic heterocycles. The van der Waals surface area contributed by atoms with Crippen LogP contribution in [0, 0.1) is 23.3 Å². The number of carbonyl (C=O) groups is 1. The minimum absolute atomic E-state index is 0.0550. The summed E-state index contributed by atoms with van der Waals surface area (Å²) in [6.45, 7) is -0.176. The predicted molar refractivity (Wildman–Crippen MR) is 106 cm³/mol. The molecule has 1 amide bonds. The number of halogens is 4. The van der Waals surface area contributed by atoms with Crippen LogP contribution in [0.3, 0.4) is 0 Å². The van der Waals surface area contributed by atoms with E-state index in [2.05, 4.69) is 0 Å². The van der Waals surface area contributed by atoms with E-state index in [1.165, 1.54) is 5.48 Å². The van der Waals surface area contributed by atoms with E-state index < -0.39 is 50.1 Å². The highest BCUT2D eigenvalue weighted by Gasteiger charge is 2.37. The number of sulfonamides is 1. The zero-order chi connectivity index (χ0) is 23.5. The largest absolute Gasteiger partial charge is 0.289 e. The minimum Gasteiger partial charge on any atom is -0.289 e. The standard InChI is InChI=1S/C21H22F4N2O4S/c22-16-11-17(20(24)21(25)19(16)23)32(30,31)27(15-3-1-2-4-15)12-14-7-5-13(6-8-14)9-10-18(28)26-29/h5-8,11,15,29H,1-4,9-10,12H2,(H,26,28). The van der Waals surface area contributed by atoms with Gasteiger partial charge in [0, 0.05) is 25.1 Å². The Hall–Kier alpha value is -2.50. The molecule has 2 aromatic rings. The van der Waals surface area contributed by atoms with Crippen molar-refractivity contribution in [3.63, 3.8) is 0 Å². The normalized spacial score (nSPS) is 14.8. The van der Waals surface area contributed by atoms with Gasteiger partial charge in [-0.15, -0.1) is 0 Å². The van der Waals surface area contributed by atoms with Crippen molar-refractivity contribution in [1.29, 1.82) is 0 Å². The first-order valence-electron chi connectivity index (χ1n) is 10.0. The fraction of sp³-hybridized carbons (Fsp3) is 0.381. The van der Waals surface area contributed by atoms with Crippen molar-refractivity contribution < 1.29 is 36.0 Å². The van der Waals surface area contributed by atoms with Gasteiger partial charge < -0.3 is 0 Å². The third-order valence-electron chi connectivity index (χ3n) is 5.51. The summed E-state index contributed by atoms with van der Waals surface area (Å²) in [6.07, 6.45) is 2.90.